The van der Waals surface area contributed by atoms with E-state index in [1.54, 1.807) is 43.8 Å². The van der Waals surface area contributed by atoms with E-state index < -0.39 is 0 Å². The summed E-state index contributed by atoms with van der Waals surface area (Å²) in [5.41, 5.74) is 1.62. The van der Waals surface area contributed by atoms with E-state index in [0.717, 1.165) is 16.9 Å². The molecular formula is C16H14N4O3. The van der Waals surface area contributed by atoms with Crippen LogP contribution < -0.4 is 10.1 Å². The molecule has 0 aliphatic heterocycles. The number of amides is 1. The number of benzene rings is 1. The van der Waals surface area contributed by atoms with Crippen molar-refractivity contribution < 1.29 is 14.1 Å². The molecule has 0 bridgehead atoms. The van der Waals surface area contributed by atoms with E-state index in [4.69, 9.17) is 9.26 Å². The quantitative estimate of drug-likeness (QED) is 0.778. The van der Waals surface area contributed by atoms with Gasteiger partial charge in [-0.15, -0.1) is 0 Å². The molecule has 116 valence electrons. The van der Waals surface area contributed by atoms with Gasteiger partial charge in [0.15, 0.2) is 0 Å². The van der Waals surface area contributed by atoms with Gasteiger partial charge in [-0.05, 0) is 29.8 Å². The number of pyridine rings is 1. The molecule has 7 nitrogen and oxygen atoms in total. The first-order valence-corrected chi connectivity index (χ1v) is 6.91. The fourth-order valence-corrected chi connectivity index (χ4v) is 1.98. The summed E-state index contributed by atoms with van der Waals surface area (Å²) in [5.74, 6) is 0.903. The second kappa shape index (κ2) is 6.69. The number of hydrogen-bond donors (Lipinski definition) is 1. The summed E-state index contributed by atoms with van der Waals surface area (Å²) in [5, 5.41) is 6.41. The van der Waals surface area contributed by atoms with E-state index in [1.165, 1.54) is 0 Å². The van der Waals surface area contributed by atoms with Crippen molar-refractivity contribution in [1.82, 2.24) is 15.1 Å². The molecule has 3 rings (SSSR count). The Kier molecular flexibility index (Phi) is 4.28. The fraction of sp³-hybridized carbons (Fsp3) is 0.125. The number of anilines is 1. The van der Waals surface area contributed by atoms with Gasteiger partial charge in [-0.3, -0.25) is 15.1 Å². The van der Waals surface area contributed by atoms with Crippen LogP contribution in [-0.4, -0.2) is 28.1 Å². The summed E-state index contributed by atoms with van der Waals surface area (Å²) in [4.78, 5) is 20.1. The van der Waals surface area contributed by atoms with Gasteiger partial charge in [-0.25, -0.2) is 0 Å². The lowest BCUT2D eigenvalue weighted by Crippen LogP contribution is -2.14. The van der Waals surface area contributed by atoms with Gasteiger partial charge in [0.2, 0.25) is 11.7 Å². The third-order valence-electron chi connectivity index (χ3n) is 3.13. The van der Waals surface area contributed by atoms with Crippen LogP contribution in [0.4, 0.5) is 6.01 Å². The first-order chi connectivity index (χ1) is 11.2. The number of carbonyl (C=O) groups excluding carboxylic acids is 1. The maximum Gasteiger partial charge on any atom is 0.328 e. The SMILES string of the molecule is COc1ccc(CC(=O)Nc2nc(-c3ccncc3)no2)cc1. The second-order valence-corrected chi connectivity index (χ2v) is 4.73. The van der Waals surface area contributed by atoms with Crippen LogP contribution in [0.25, 0.3) is 11.4 Å². The molecule has 0 saturated heterocycles. The minimum atomic E-state index is -0.236. The van der Waals surface area contributed by atoms with Crippen LogP contribution in [0.5, 0.6) is 5.75 Å². The monoisotopic (exact) mass is 310 g/mol. The lowest BCUT2D eigenvalue weighted by Gasteiger charge is -2.03. The number of nitrogens with zero attached hydrogens (tertiary/aromatic N) is 3. The van der Waals surface area contributed by atoms with Crippen molar-refractivity contribution in [2.45, 2.75) is 6.42 Å². The van der Waals surface area contributed by atoms with Crippen molar-refractivity contribution in [3.05, 3.63) is 54.4 Å². The predicted octanol–water partition coefficient (Wildman–Crippen LogP) is 2.32. The van der Waals surface area contributed by atoms with Gasteiger partial charge < -0.3 is 9.26 Å². The summed E-state index contributed by atoms with van der Waals surface area (Å²) in [6.07, 6.45) is 3.47. The number of rotatable bonds is 5. The summed E-state index contributed by atoms with van der Waals surface area (Å²) >= 11 is 0. The lowest BCUT2D eigenvalue weighted by molar-refractivity contribution is -0.115. The zero-order valence-electron chi connectivity index (χ0n) is 12.4. The van der Waals surface area contributed by atoms with Crippen LogP contribution in [0.3, 0.4) is 0 Å². The van der Waals surface area contributed by atoms with Gasteiger partial charge in [0.1, 0.15) is 5.75 Å². The first kappa shape index (κ1) is 14.7. The molecule has 0 unspecified atom stereocenters. The molecule has 0 radical (unpaired) electrons. The zero-order chi connectivity index (χ0) is 16.1. The first-order valence-electron chi connectivity index (χ1n) is 6.91. The predicted molar refractivity (Wildman–Crippen MR) is 82.9 cm³/mol. The van der Waals surface area contributed by atoms with Crippen LogP contribution in [0.1, 0.15) is 5.56 Å². The van der Waals surface area contributed by atoms with Crippen molar-refractivity contribution in [2.75, 3.05) is 12.4 Å². The molecule has 0 aliphatic rings. The molecule has 0 aliphatic carbocycles. The number of hydrogen-bond acceptors (Lipinski definition) is 6. The number of methoxy groups -OCH3 is 1. The van der Waals surface area contributed by atoms with Crippen molar-refractivity contribution >= 4 is 11.9 Å². The Labute approximate surface area is 132 Å². The normalized spacial score (nSPS) is 10.3. The van der Waals surface area contributed by atoms with Crippen molar-refractivity contribution in [1.29, 1.82) is 0 Å². The number of nitrogens with one attached hydrogen (secondary N) is 1. The molecule has 7 heteroatoms. The molecule has 0 atom stereocenters. The Bertz CT molecular complexity index is 785. The van der Waals surface area contributed by atoms with Gasteiger partial charge >= 0.3 is 6.01 Å². The maximum absolute atomic E-state index is 12.0. The van der Waals surface area contributed by atoms with Crippen LogP contribution in [0, 0.1) is 0 Å². The van der Waals surface area contributed by atoms with Crippen LogP contribution in [0.15, 0.2) is 53.3 Å². The average molecular weight is 310 g/mol. The third kappa shape index (κ3) is 3.70. The van der Waals surface area contributed by atoms with E-state index in [1.807, 2.05) is 12.1 Å². The standard InChI is InChI=1S/C16H14N4O3/c1-22-13-4-2-11(3-5-13)10-14(21)18-16-19-15(20-23-16)12-6-8-17-9-7-12/h2-9H,10H2,1H3,(H,18,19,20,21). The number of carbonyl (C=O) groups is 1. The van der Waals surface area contributed by atoms with Gasteiger partial charge in [-0.1, -0.05) is 17.3 Å². The molecule has 23 heavy (non-hydrogen) atoms. The summed E-state index contributed by atoms with van der Waals surface area (Å²) in [6.45, 7) is 0. The lowest BCUT2D eigenvalue weighted by atomic mass is 10.1. The molecule has 1 aromatic carbocycles. The topological polar surface area (TPSA) is 90.1 Å². The summed E-state index contributed by atoms with van der Waals surface area (Å²) in [7, 11) is 1.59. The van der Waals surface area contributed by atoms with Gasteiger partial charge in [0.25, 0.3) is 0 Å². The molecule has 3 aromatic rings. The molecule has 1 N–H and O–H groups in total. The van der Waals surface area contributed by atoms with Gasteiger partial charge in [0.05, 0.1) is 13.5 Å². The Morgan fingerprint density at radius 2 is 1.91 bits per heavy atom. The fourth-order valence-electron chi connectivity index (χ4n) is 1.98. The van der Waals surface area contributed by atoms with E-state index in [2.05, 4.69) is 20.4 Å². The Balaban J connectivity index is 1.63. The van der Waals surface area contributed by atoms with Gasteiger partial charge in [-0.2, -0.15) is 4.98 Å². The largest absolute Gasteiger partial charge is 0.497 e. The number of aromatic nitrogens is 3. The zero-order valence-corrected chi connectivity index (χ0v) is 12.4. The highest BCUT2D eigenvalue weighted by Crippen LogP contribution is 2.17. The Morgan fingerprint density at radius 1 is 1.17 bits per heavy atom. The van der Waals surface area contributed by atoms with E-state index in [9.17, 15) is 4.79 Å². The summed E-state index contributed by atoms with van der Waals surface area (Å²) in [6, 6.07) is 10.8. The highest BCUT2D eigenvalue weighted by molar-refractivity contribution is 5.90. The molecular weight excluding hydrogens is 296 g/mol. The number of ether oxygens (including phenoxy) is 1. The van der Waals surface area contributed by atoms with Crippen LogP contribution >= 0.6 is 0 Å². The van der Waals surface area contributed by atoms with Crippen molar-refractivity contribution in [2.24, 2.45) is 0 Å². The molecule has 0 spiro atoms. The average Bonchev–Trinajstić information content (AvgIpc) is 3.04. The minimum Gasteiger partial charge on any atom is -0.497 e. The minimum absolute atomic E-state index is 0.0651. The van der Waals surface area contributed by atoms with Gasteiger partial charge in [0, 0.05) is 18.0 Å². The van der Waals surface area contributed by atoms with Crippen LogP contribution in [0.2, 0.25) is 0 Å². The van der Waals surface area contributed by atoms with Crippen molar-refractivity contribution in [3.63, 3.8) is 0 Å². The molecule has 1 amide bonds. The Morgan fingerprint density at radius 3 is 2.61 bits per heavy atom. The molecule has 2 aromatic heterocycles. The summed E-state index contributed by atoms with van der Waals surface area (Å²) < 4.78 is 10.1. The Hall–Kier alpha value is -3.22. The molecule has 0 fully saturated rings. The second-order valence-electron chi connectivity index (χ2n) is 4.73. The van der Waals surface area contributed by atoms with Crippen molar-refractivity contribution in [3.8, 4) is 17.1 Å². The van der Waals surface area contributed by atoms with E-state index in [0.29, 0.717) is 5.82 Å². The third-order valence-corrected chi connectivity index (χ3v) is 3.13. The van der Waals surface area contributed by atoms with Crippen LogP contribution in [-0.2, 0) is 11.2 Å². The maximum atomic E-state index is 12.0. The molecule has 0 saturated carbocycles. The molecule has 2 heterocycles. The van der Waals surface area contributed by atoms with E-state index in [-0.39, 0.29) is 18.3 Å². The highest BCUT2D eigenvalue weighted by atomic mass is 16.5. The van der Waals surface area contributed by atoms with E-state index >= 15 is 0 Å². The highest BCUT2D eigenvalue weighted by Gasteiger charge is 2.11. The smallest absolute Gasteiger partial charge is 0.328 e.